The van der Waals surface area contributed by atoms with E-state index in [0.717, 1.165) is 5.56 Å². The zero-order valence-electron chi connectivity index (χ0n) is 13.1. The average molecular weight is 325 g/mol. The fourth-order valence-corrected chi connectivity index (χ4v) is 2.26. The molecular formula is C19H16FNO3. The Morgan fingerprint density at radius 1 is 1.21 bits per heavy atom. The molecule has 122 valence electrons. The van der Waals surface area contributed by atoms with Crippen LogP contribution in [-0.2, 0) is 6.54 Å². The SMILES string of the molecule is C#CCN(Cc1ccc(F)cc1)C(=O)c1ccc(C(C)=O)c(O)c1. The molecule has 0 bridgehead atoms. The van der Waals surface area contributed by atoms with Crippen molar-refractivity contribution in [2.45, 2.75) is 13.5 Å². The van der Waals surface area contributed by atoms with Gasteiger partial charge in [0.1, 0.15) is 11.6 Å². The Kier molecular flexibility index (Phi) is 5.33. The lowest BCUT2D eigenvalue weighted by atomic mass is 10.1. The third-order valence-electron chi connectivity index (χ3n) is 3.48. The first-order valence-corrected chi connectivity index (χ1v) is 7.23. The molecule has 0 aliphatic carbocycles. The van der Waals surface area contributed by atoms with Crippen LogP contribution in [0, 0.1) is 18.2 Å². The van der Waals surface area contributed by atoms with E-state index in [2.05, 4.69) is 5.92 Å². The largest absolute Gasteiger partial charge is 0.507 e. The molecule has 0 aliphatic heterocycles. The Morgan fingerprint density at radius 3 is 2.42 bits per heavy atom. The van der Waals surface area contributed by atoms with E-state index in [-0.39, 0.29) is 47.5 Å². The van der Waals surface area contributed by atoms with Crippen LogP contribution in [0.3, 0.4) is 0 Å². The molecule has 2 aromatic carbocycles. The lowest BCUT2D eigenvalue weighted by Gasteiger charge is -2.21. The second-order valence-corrected chi connectivity index (χ2v) is 5.28. The molecule has 0 saturated heterocycles. The van der Waals surface area contributed by atoms with Crippen LogP contribution in [-0.4, -0.2) is 28.2 Å². The fourth-order valence-electron chi connectivity index (χ4n) is 2.26. The highest BCUT2D eigenvalue weighted by Crippen LogP contribution is 2.21. The van der Waals surface area contributed by atoms with Crippen molar-refractivity contribution in [1.82, 2.24) is 4.90 Å². The minimum Gasteiger partial charge on any atom is -0.507 e. The number of aromatic hydroxyl groups is 1. The number of hydrogen-bond acceptors (Lipinski definition) is 3. The Labute approximate surface area is 139 Å². The molecule has 0 atom stereocenters. The standard InChI is InChI=1S/C19H16FNO3/c1-3-10-21(12-14-4-7-16(20)8-5-14)19(24)15-6-9-17(13(2)22)18(23)11-15/h1,4-9,11,23H,10,12H2,2H3. The van der Waals surface area contributed by atoms with Gasteiger partial charge in [-0.15, -0.1) is 6.42 Å². The number of ketones is 1. The number of amides is 1. The van der Waals surface area contributed by atoms with E-state index in [1.165, 1.54) is 42.2 Å². The summed E-state index contributed by atoms with van der Waals surface area (Å²) in [6, 6.07) is 9.87. The van der Waals surface area contributed by atoms with Crippen LogP contribution in [0.1, 0.15) is 33.2 Å². The van der Waals surface area contributed by atoms with Gasteiger partial charge in [0.2, 0.25) is 0 Å². The first kappa shape index (κ1) is 17.2. The van der Waals surface area contributed by atoms with E-state index in [1.54, 1.807) is 12.1 Å². The molecule has 0 aliphatic rings. The van der Waals surface area contributed by atoms with Crippen molar-refractivity contribution in [3.63, 3.8) is 0 Å². The van der Waals surface area contributed by atoms with Gasteiger partial charge in [-0.25, -0.2) is 4.39 Å². The van der Waals surface area contributed by atoms with E-state index in [4.69, 9.17) is 6.42 Å². The smallest absolute Gasteiger partial charge is 0.255 e. The van der Waals surface area contributed by atoms with E-state index in [9.17, 15) is 19.1 Å². The zero-order chi connectivity index (χ0) is 17.7. The number of nitrogens with zero attached hydrogens (tertiary/aromatic N) is 1. The van der Waals surface area contributed by atoms with Crippen molar-refractivity contribution in [3.05, 3.63) is 65.0 Å². The van der Waals surface area contributed by atoms with Crippen LogP contribution in [0.15, 0.2) is 42.5 Å². The van der Waals surface area contributed by atoms with Crippen molar-refractivity contribution >= 4 is 11.7 Å². The minimum absolute atomic E-state index is 0.0609. The summed E-state index contributed by atoms with van der Waals surface area (Å²) in [4.78, 5) is 25.3. The molecule has 0 aromatic heterocycles. The molecule has 2 aromatic rings. The summed E-state index contributed by atoms with van der Waals surface area (Å²) in [7, 11) is 0. The summed E-state index contributed by atoms with van der Waals surface area (Å²) in [5.41, 5.74) is 1.09. The second-order valence-electron chi connectivity index (χ2n) is 5.28. The Balaban J connectivity index is 2.25. The van der Waals surface area contributed by atoms with Crippen LogP contribution in [0.5, 0.6) is 5.75 Å². The predicted octanol–water partition coefficient (Wildman–Crippen LogP) is 3.01. The van der Waals surface area contributed by atoms with E-state index >= 15 is 0 Å². The van der Waals surface area contributed by atoms with E-state index in [1.807, 2.05) is 0 Å². The number of phenols is 1. The molecule has 0 spiro atoms. The number of terminal acetylenes is 1. The van der Waals surface area contributed by atoms with Gasteiger partial charge in [-0.2, -0.15) is 0 Å². The Hall–Kier alpha value is -3.13. The summed E-state index contributed by atoms with van der Waals surface area (Å²) >= 11 is 0. The molecule has 4 nitrogen and oxygen atoms in total. The van der Waals surface area contributed by atoms with Gasteiger partial charge < -0.3 is 10.0 Å². The van der Waals surface area contributed by atoms with Crippen LogP contribution >= 0.6 is 0 Å². The highest BCUT2D eigenvalue weighted by Gasteiger charge is 2.18. The van der Waals surface area contributed by atoms with Gasteiger partial charge in [-0.3, -0.25) is 9.59 Å². The predicted molar refractivity (Wildman–Crippen MR) is 88.1 cm³/mol. The van der Waals surface area contributed by atoms with Gasteiger partial charge in [-0.05, 0) is 42.8 Å². The van der Waals surface area contributed by atoms with Crippen LogP contribution in [0.4, 0.5) is 4.39 Å². The average Bonchev–Trinajstić information content (AvgIpc) is 2.55. The van der Waals surface area contributed by atoms with E-state index < -0.39 is 0 Å². The molecule has 5 heteroatoms. The van der Waals surface area contributed by atoms with Crippen molar-refractivity contribution < 1.29 is 19.1 Å². The van der Waals surface area contributed by atoms with E-state index in [0.29, 0.717) is 0 Å². The molecule has 1 N–H and O–H groups in total. The van der Waals surface area contributed by atoms with Gasteiger partial charge in [0.15, 0.2) is 5.78 Å². The van der Waals surface area contributed by atoms with Gasteiger partial charge in [0.25, 0.3) is 5.91 Å². The maximum Gasteiger partial charge on any atom is 0.255 e. The molecule has 0 saturated carbocycles. The quantitative estimate of drug-likeness (QED) is 0.679. The van der Waals surface area contributed by atoms with Gasteiger partial charge in [0.05, 0.1) is 12.1 Å². The summed E-state index contributed by atoms with van der Waals surface area (Å²) in [5, 5.41) is 9.87. The molecule has 0 heterocycles. The summed E-state index contributed by atoms with van der Waals surface area (Å²) in [6.45, 7) is 1.60. The summed E-state index contributed by atoms with van der Waals surface area (Å²) in [6.07, 6.45) is 5.32. The van der Waals surface area contributed by atoms with Crippen LogP contribution in [0.2, 0.25) is 0 Å². The third-order valence-corrected chi connectivity index (χ3v) is 3.48. The highest BCUT2D eigenvalue weighted by molar-refractivity contribution is 6.00. The number of hydrogen-bond donors (Lipinski definition) is 1. The number of carbonyl (C=O) groups excluding carboxylic acids is 2. The lowest BCUT2D eigenvalue weighted by Crippen LogP contribution is -2.31. The lowest BCUT2D eigenvalue weighted by molar-refractivity contribution is 0.0764. The Bertz CT molecular complexity index is 806. The molecule has 2 rings (SSSR count). The maximum atomic E-state index is 13.0. The molecular weight excluding hydrogens is 309 g/mol. The minimum atomic E-state index is -0.386. The maximum absolute atomic E-state index is 13.0. The molecule has 0 unspecified atom stereocenters. The fraction of sp³-hybridized carbons (Fsp3) is 0.158. The monoisotopic (exact) mass is 325 g/mol. The van der Waals surface area contributed by atoms with Gasteiger partial charge >= 0.3 is 0 Å². The molecule has 0 radical (unpaired) electrons. The van der Waals surface area contributed by atoms with Crippen LogP contribution < -0.4 is 0 Å². The number of benzene rings is 2. The highest BCUT2D eigenvalue weighted by atomic mass is 19.1. The number of rotatable bonds is 5. The number of carbonyl (C=O) groups is 2. The van der Waals surface area contributed by atoms with Crippen molar-refractivity contribution in [2.24, 2.45) is 0 Å². The summed E-state index contributed by atoms with van der Waals surface area (Å²) < 4.78 is 13.0. The topological polar surface area (TPSA) is 57.6 Å². The number of Topliss-reactive ketones (excluding diaryl/α,β-unsaturated/α-hetero) is 1. The first-order chi connectivity index (χ1) is 11.4. The van der Waals surface area contributed by atoms with Crippen molar-refractivity contribution in [1.29, 1.82) is 0 Å². The second kappa shape index (κ2) is 7.42. The number of halogens is 1. The summed E-state index contributed by atoms with van der Waals surface area (Å²) in [5.74, 6) is 1.11. The zero-order valence-corrected chi connectivity index (χ0v) is 13.1. The Morgan fingerprint density at radius 2 is 1.88 bits per heavy atom. The molecule has 24 heavy (non-hydrogen) atoms. The third kappa shape index (κ3) is 3.99. The van der Waals surface area contributed by atoms with Gasteiger partial charge in [-0.1, -0.05) is 18.1 Å². The number of phenolic OH excluding ortho intramolecular Hbond substituents is 1. The van der Waals surface area contributed by atoms with Gasteiger partial charge in [0, 0.05) is 12.1 Å². The van der Waals surface area contributed by atoms with Crippen molar-refractivity contribution in [2.75, 3.05) is 6.54 Å². The van der Waals surface area contributed by atoms with Crippen molar-refractivity contribution in [3.8, 4) is 18.1 Å². The van der Waals surface area contributed by atoms with Crippen LogP contribution in [0.25, 0.3) is 0 Å². The molecule has 1 amide bonds. The molecule has 0 fully saturated rings. The first-order valence-electron chi connectivity index (χ1n) is 7.23. The normalized spacial score (nSPS) is 10.0.